The average Bonchev–Trinajstić information content (AvgIpc) is 2.13. The van der Waals surface area contributed by atoms with E-state index >= 15 is 0 Å². The van der Waals surface area contributed by atoms with E-state index in [2.05, 4.69) is 9.31 Å². The fourth-order valence-electron chi connectivity index (χ4n) is 0.526. The predicted octanol–water partition coefficient (Wildman–Crippen LogP) is -0.406. The molecule has 0 aromatic heterocycles. The summed E-state index contributed by atoms with van der Waals surface area (Å²) >= 11 is 0. The molecule has 0 spiro atoms. The van der Waals surface area contributed by atoms with Crippen molar-refractivity contribution < 1.29 is 18.9 Å². The Kier molecular flexibility index (Phi) is 1.42. The largest absolute Gasteiger partial charge is 0.598 e. The molecule has 0 saturated carbocycles. The van der Waals surface area contributed by atoms with Gasteiger partial charge < -0.3 is 9.31 Å². The van der Waals surface area contributed by atoms with E-state index in [4.69, 9.17) is 0 Å². The maximum absolute atomic E-state index is 10.2. The predicted molar refractivity (Wildman–Crippen MR) is 28.4 cm³/mol. The normalized spacial score (nSPS) is 17.7. The molecule has 1 heterocycles. The van der Waals surface area contributed by atoms with Gasteiger partial charge in [0, 0.05) is 6.32 Å². The summed E-state index contributed by atoms with van der Waals surface area (Å²) in [7, 11) is -0.648. The first kappa shape index (κ1) is 6.13. The molecule has 4 nitrogen and oxygen atoms in total. The highest BCUT2D eigenvalue weighted by molar-refractivity contribution is 6.59. The van der Waals surface area contributed by atoms with Gasteiger partial charge in [0.2, 0.25) is 0 Å². The summed E-state index contributed by atoms with van der Waals surface area (Å²) in [6, 6.07) is 0. The summed E-state index contributed by atoms with van der Waals surface area (Å²) in [5.41, 5.74) is 0. The minimum absolute atomic E-state index is 0.511. The van der Waals surface area contributed by atoms with Gasteiger partial charge in [-0.25, -0.2) is 9.59 Å². The van der Waals surface area contributed by atoms with Crippen molar-refractivity contribution >= 4 is 19.1 Å². The molecule has 1 saturated heterocycles. The summed E-state index contributed by atoms with van der Waals surface area (Å²) in [5, 5.41) is 0. The Morgan fingerprint density at radius 1 is 1.33 bits per heavy atom. The first-order valence-corrected chi connectivity index (χ1v) is 2.65. The van der Waals surface area contributed by atoms with Crippen LogP contribution < -0.4 is 0 Å². The third kappa shape index (κ3) is 1.04. The molecule has 5 heteroatoms. The molecule has 1 aliphatic rings. The van der Waals surface area contributed by atoms with Crippen LogP contribution in [0.15, 0.2) is 0 Å². The van der Waals surface area contributed by atoms with Crippen molar-refractivity contribution in [3.05, 3.63) is 0 Å². The standard InChI is InChI=1S/C4H5BO4/c1-2-5-8-3(6)4(7)9-5/h2H2,1H3. The Morgan fingerprint density at radius 3 is 2.00 bits per heavy atom. The highest BCUT2D eigenvalue weighted by atomic mass is 16.7. The molecule has 1 aliphatic heterocycles. The number of carbonyl (C=O) groups is 2. The Hall–Kier alpha value is -0.995. The molecule has 0 bridgehead atoms. The fourth-order valence-corrected chi connectivity index (χ4v) is 0.526. The Bertz CT molecular complexity index is 139. The van der Waals surface area contributed by atoms with Gasteiger partial charge in [0.15, 0.2) is 0 Å². The van der Waals surface area contributed by atoms with Gasteiger partial charge >= 0.3 is 19.1 Å². The van der Waals surface area contributed by atoms with Crippen LogP contribution in [0.3, 0.4) is 0 Å². The van der Waals surface area contributed by atoms with Crippen molar-refractivity contribution in [2.75, 3.05) is 0 Å². The zero-order valence-electron chi connectivity index (χ0n) is 4.92. The first-order chi connectivity index (χ1) is 4.24. The molecule has 0 amide bonds. The van der Waals surface area contributed by atoms with Gasteiger partial charge in [0.25, 0.3) is 0 Å². The van der Waals surface area contributed by atoms with E-state index in [0.717, 1.165) is 0 Å². The fraction of sp³-hybridized carbons (Fsp3) is 0.500. The lowest BCUT2D eigenvalue weighted by atomic mass is 9.87. The van der Waals surface area contributed by atoms with Crippen LogP contribution in [0.25, 0.3) is 0 Å². The van der Waals surface area contributed by atoms with E-state index < -0.39 is 19.1 Å². The van der Waals surface area contributed by atoms with E-state index in [1.165, 1.54) is 0 Å². The second-order valence-electron chi connectivity index (χ2n) is 1.65. The third-order valence-electron chi connectivity index (χ3n) is 0.977. The van der Waals surface area contributed by atoms with Crippen molar-refractivity contribution in [2.24, 2.45) is 0 Å². The Morgan fingerprint density at radius 2 is 1.78 bits per heavy atom. The molecule has 9 heavy (non-hydrogen) atoms. The molecule has 0 aromatic carbocycles. The Balaban J connectivity index is 2.54. The Labute approximate surface area is 52.3 Å². The summed E-state index contributed by atoms with van der Waals surface area (Å²) < 4.78 is 8.82. The van der Waals surface area contributed by atoms with Crippen LogP contribution in [0.2, 0.25) is 6.32 Å². The van der Waals surface area contributed by atoms with Gasteiger partial charge in [0.05, 0.1) is 0 Å². The van der Waals surface area contributed by atoms with Crippen LogP contribution in [-0.4, -0.2) is 19.1 Å². The van der Waals surface area contributed by atoms with Gasteiger partial charge in [-0.15, -0.1) is 0 Å². The molecule has 0 aliphatic carbocycles. The second kappa shape index (κ2) is 2.09. The molecule has 1 rings (SSSR count). The number of hydrogen-bond donors (Lipinski definition) is 0. The van der Waals surface area contributed by atoms with Crippen molar-refractivity contribution in [3.8, 4) is 0 Å². The van der Waals surface area contributed by atoms with Crippen LogP contribution >= 0.6 is 0 Å². The number of rotatable bonds is 1. The molecule has 48 valence electrons. The van der Waals surface area contributed by atoms with E-state index in [9.17, 15) is 9.59 Å². The third-order valence-corrected chi connectivity index (χ3v) is 0.977. The van der Waals surface area contributed by atoms with E-state index in [1.54, 1.807) is 6.92 Å². The van der Waals surface area contributed by atoms with Crippen LogP contribution in [0.4, 0.5) is 0 Å². The lowest BCUT2D eigenvalue weighted by Crippen LogP contribution is -2.11. The van der Waals surface area contributed by atoms with Crippen LogP contribution in [0.5, 0.6) is 0 Å². The zero-order valence-corrected chi connectivity index (χ0v) is 4.92. The molecular formula is C4H5BO4. The summed E-state index contributed by atoms with van der Waals surface area (Å²) in [6.07, 6.45) is 0.511. The van der Waals surface area contributed by atoms with Gasteiger partial charge in [-0.05, 0) is 0 Å². The highest BCUT2D eigenvalue weighted by Gasteiger charge is 2.38. The second-order valence-corrected chi connectivity index (χ2v) is 1.65. The molecule has 0 unspecified atom stereocenters. The van der Waals surface area contributed by atoms with E-state index in [1.807, 2.05) is 0 Å². The van der Waals surface area contributed by atoms with Crippen molar-refractivity contribution in [1.82, 2.24) is 0 Å². The molecule has 1 fully saturated rings. The quantitative estimate of drug-likeness (QED) is 0.356. The van der Waals surface area contributed by atoms with Gasteiger partial charge in [-0.2, -0.15) is 0 Å². The van der Waals surface area contributed by atoms with Gasteiger partial charge in [-0.3, -0.25) is 0 Å². The maximum Gasteiger partial charge on any atom is 0.598 e. The zero-order chi connectivity index (χ0) is 6.85. The van der Waals surface area contributed by atoms with Gasteiger partial charge in [0.1, 0.15) is 0 Å². The van der Waals surface area contributed by atoms with E-state index in [-0.39, 0.29) is 0 Å². The molecule has 0 aromatic rings. The minimum Gasteiger partial charge on any atom is -0.491 e. The highest BCUT2D eigenvalue weighted by Crippen LogP contribution is 2.05. The number of carbonyl (C=O) groups excluding carboxylic acids is 2. The first-order valence-electron chi connectivity index (χ1n) is 2.65. The van der Waals surface area contributed by atoms with Crippen molar-refractivity contribution in [1.29, 1.82) is 0 Å². The maximum atomic E-state index is 10.2. The topological polar surface area (TPSA) is 52.6 Å². The summed E-state index contributed by atoms with van der Waals surface area (Å²) in [4.78, 5) is 20.5. The molecule has 0 radical (unpaired) electrons. The lowest BCUT2D eigenvalue weighted by molar-refractivity contribution is -0.150. The average molecular weight is 128 g/mol. The number of hydrogen-bond acceptors (Lipinski definition) is 4. The van der Waals surface area contributed by atoms with Crippen LogP contribution in [0.1, 0.15) is 6.92 Å². The van der Waals surface area contributed by atoms with E-state index in [0.29, 0.717) is 6.32 Å². The SMILES string of the molecule is CCB1OC(=O)C(=O)O1. The van der Waals surface area contributed by atoms with Crippen LogP contribution in [-0.2, 0) is 18.9 Å². The minimum atomic E-state index is -0.887. The molecule has 0 N–H and O–H groups in total. The van der Waals surface area contributed by atoms with Crippen LogP contribution in [0, 0.1) is 0 Å². The summed E-state index contributed by atoms with van der Waals surface area (Å²) in [5.74, 6) is -1.77. The van der Waals surface area contributed by atoms with Gasteiger partial charge in [-0.1, -0.05) is 6.92 Å². The summed E-state index contributed by atoms with van der Waals surface area (Å²) in [6.45, 7) is 1.76. The van der Waals surface area contributed by atoms with Crippen molar-refractivity contribution in [3.63, 3.8) is 0 Å². The molecule has 0 atom stereocenters. The molecular weight excluding hydrogens is 123 g/mol. The lowest BCUT2D eigenvalue weighted by Gasteiger charge is -1.93. The van der Waals surface area contributed by atoms with Crippen molar-refractivity contribution in [2.45, 2.75) is 13.2 Å². The smallest absolute Gasteiger partial charge is 0.491 e. The monoisotopic (exact) mass is 128 g/mol.